The fourth-order valence-electron chi connectivity index (χ4n) is 2.63. The number of hydrogen-bond acceptors (Lipinski definition) is 4. The number of carbonyl (C=O) groups is 1. The van der Waals surface area contributed by atoms with Gasteiger partial charge in [-0.3, -0.25) is 4.79 Å². The number of aromatic nitrogens is 3. The first kappa shape index (κ1) is 13.8. The van der Waals surface area contributed by atoms with E-state index >= 15 is 0 Å². The molecule has 1 saturated carbocycles. The van der Waals surface area contributed by atoms with E-state index in [0.717, 1.165) is 31.5 Å². The van der Waals surface area contributed by atoms with Crippen molar-refractivity contribution in [2.75, 3.05) is 5.32 Å². The zero-order valence-corrected chi connectivity index (χ0v) is 11.8. The van der Waals surface area contributed by atoms with E-state index in [1.54, 1.807) is 17.1 Å². The van der Waals surface area contributed by atoms with Gasteiger partial charge >= 0.3 is 0 Å². The minimum Gasteiger partial charge on any atom is -0.328 e. The summed E-state index contributed by atoms with van der Waals surface area (Å²) in [6.07, 6.45) is 8.77. The first-order valence-corrected chi connectivity index (χ1v) is 7.25. The summed E-state index contributed by atoms with van der Waals surface area (Å²) >= 11 is 0. The zero-order chi connectivity index (χ0) is 14.7. The van der Waals surface area contributed by atoms with Crippen LogP contribution in [0.2, 0.25) is 0 Å². The van der Waals surface area contributed by atoms with Crippen molar-refractivity contribution in [3.8, 4) is 5.82 Å². The lowest BCUT2D eigenvalue weighted by Crippen LogP contribution is -2.32. The Morgan fingerprint density at radius 3 is 2.71 bits per heavy atom. The second-order valence-electron chi connectivity index (χ2n) is 5.46. The third-order valence-electron chi connectivity index (χ3n) is 3.90. The second kappa shape index (κ2) is 6.05. The molecule has 0 unspecified atom stereocenters. The molecule has 1 fully saturated rings. The summed E-state index contributed by atoms with van der Waals surface area (Å²) in [4.78, 5) is 16.5. The summed E-state index contributed by atoms with van der Waals surface area (Å²) < 4.78 is 1.67. The molecule has 1 amide bonds. The van der Waals surface area contributed by atoms with Crippen LogP contribution in [0.1, 0.15) is 25.7 Å². The highest BCUT2D eigenvalue weighted by atomic mass is 16.1. The van der Waals surface area contributed by atoms with Crippen LogP contribution in [0.15, 0.2) is 36.8 Å². The van der Waals surface area contributed by atoms with Gasteiger partial charge in [0.05, 0.1) is 11.9 Å². The Kier molecular flexibility index (Phi) is 3.96. The molecule has 1 aliphatic carbocycles. The highest BCUT2D eigenvalue weighted by molar-refractivity contribution is 5.92. The highest BCUT2D eigenvalue weighted by Gasteiger charge is 2.24. The van der Waals surface area contributed by atoms with Gasteiger partial charge in [-0.25, -0.2) is 9.67 Å². The van der Waals surface area contributed by atoms with Gasteiger partial charge in [0.2, 0.25) is 5.91 Å². The number of nitrogens with zero attached hydrogens (tertiary/aromatic N) is 3. The Bertz CT molecular complexity index is 585. The van der Waals surface area contributed by atoms with Crippen LogP contribution in [0.3, 0.4) is 0 Å². The quantitative estimate of drug-likeness (QED) is 0.899. The third kappa shape index (κ3) is 3.28. The number of pyridine rings is 1. The van der Waals surface area contributed by atoms with Crippen LogP contribution < -0.4 is 11.1 Å². The molecule has 0 saturated heterocycles. The number of anilines is 1. The Balaban J connectivity index is 1.61. The Labute approximate surface area is 123 Å². The van der Waals surface area contributed by atoms with Crippen LogP contribution in [-0.4, -0.2) is 26.7 Å². The predicted molar refractivity (Wildman–Crippen MR) is 79.9 cm³/mol. The first-order valence-electron chi connectivity index (χ1n) is 7.25. The van der Waals surface area contributed by atoms with Crippen molar-refractivity contribution in [3.63, 3.8) is 0 Å². The van der Waals surface area contributed by atoms with Crippen LogP contribution in [-0.2, 0) is 4.79 Å². The summed E-state index contributed by atoms with van der Waals surface area (Å²) in [5, 5.41) is 7.04. The van der Waals surface area contributed by atoms with Gasteiger partial charge in [-0.1, -0.05) is 0 Å². The smallest absolute Gasteiger partial charge is 0.227 e. The molecule has 0 spiro atoms. The van der Waals surface area contributed by atoms with Crippen LogP contribution in [0, 0.1) is 5.92 Å². The van der Waals surface area contributed by atoms with E-state index in [0.29, 0.717) is 5.69 Å². The maximum absolute atomic E-state index is 12.2. The molecule has 21 heavy (non-hydrogen) atoms. The van der Waals surface area contributed by atoms with Gasteiger partial charge in [0, 0.05) is 24.4 Å². The molecule has 110 valence electrons. The minimum atomic E-state index is 0.0653. The highest BCUT2D eigenvalue weighted by Crippen LogP contribution is 2.24. The monoisotopic (exact) mass is 285 g/mol. The summed E-state index contributed by atoms with van der Waals surface area (Å²) in [6.45, 7) is 0. The third-order valence-corrected chi connectivity index (χ3v) is 3.90. The predicted octanol–water partition coefficient (Wildman–Crippen LogP) is 1.72. The number of amides is 1. The molecule has 2 aromatic heterocycles. The summed E-state index contributed by atoms with van der Waals surface area (Å²) in [7, 11) is 0. The molecule has 2 aromatic rings. The lowest BCUT2D eigenvalue weighted by Gasteiger charge is -2.25. The molecular weight excluding hydrogens is 266 g/mol. The van der Waals surface area contributed by atoms with Crippen LogP contribution in [0.5, 0.6) is 0 Å². The van der Waals surface area contributed by atoms with E-state index in [4.69, 9.17) is 5.73 Å². The lowest BCUT2D eigenvalue weighted by atomic mass is 9.86. The molecule has 0 radical (unpaired) electrons. The normalized spacial score (nSPS) is 22.0. The Morgan fingerprint density at radius 1 is 1.29 bits per heavy atom. The number of hydrogen-bond donors (Lipinski definition) is 2. The summed E-state index contributed by atoms with van der Waals surface area (Å²) in [6, 6.07) is 5.77. The summed E-state index contributed by atoms with van der Waals surface area (Å²) in [5.74, 6) is 0.854. The van der Waals surface area contributed by atoms with E-state index in [9.17, 15) is 4.79 Å². The molecule has 0 aromatic carbocycles. The fraction of sp³-hybridized carbons (Fsp3) is 0.400. The molecule has 6 nitrogen and oxygen atoms in total. The minimum absolute atomic E-state index is 0.0653. The summed E-state index contributed by atoms with van der Waals surface area (Å²) in [5.41, 5.74) is 6.58. The van der Waals surface area contributed by atoms with E-state index in [1.165, 1.54) is 0 Å². The van der Waals surface area contributed by atoms with Crippen LogP contribution >= 0.6 is 0 Å². The number of rotatable bonds is 3. The van der Waals surface area contributed by atoms with Crippen molar-refractivity contribution >= 4 is 11.6 Å². The molecule has 0 aliphatic heterocycles. The van der Waals surface area contributed by atoms with Gasteiger partial charge in [-0.15, -0.1) is 0 Å². The molecule has 3 rings (SSSR count). The Hall–Kier alpha value is -2.21. The average molecular weight is 285 g/mol. The second-order valence-corrected chi connectivity index (χ2v) is 5.46. The molecule has 6 heteroatoms. The van der Waals surface area contributed by atoms with E-state index in [1.807, 2.05) is 24.4 Å². The van der Waals surface area contributed by atoms with Gasteiger partial charge in [-0.2, -0.15) is 5.10 Å². The first-order chi connectivity index (χ1) is 10.2. The number of nitrogens with two attached hydrogens (primary N) is 1. The van der Waals surface area contributed by atoms with Crippen molar-refractivity contribution in [1.82, 2.24) is 14.8 Å². The average Bonchev–Trinajstić information content (AvgIpc) is 3.03. The molecule has 0 bridgehead atoms. The van der Waals surface area contributed by atoms with Crippen molar-refractivity contribution < 1.29 is 4.79 Å². The van der Waals surface area contributed by atoms with Gasteiger partial charge < -0.3 is 11.1 Å². The number of carbonyl (C=O) groups excluding carboxylic acids is 1. The van der Waals surface area contributed by atoms with Crippen molar-refractivity contribution in [1.29, 1.82) is 0 Å². The van der Waals surface area contributed by atoms with Gasteiger partial charge in [0.1, 0.15) is 0 Å². The molecule has 2 heterocycles. The van der Waals surface area contributed by atoms with Gasteiger partial charge in [-0.05, 0) is 43.9 Å². The SMILES string of the molecule is NC1CCC(C(=O)Nc2ccc(-n3cccn3)nc2)CC1. The van der Waals surface area contributed by atoms with Crippen LogP contribution in [0.4, 0.5) is 5.69 Å². The van der Waals surface area contributed by atoms with Crippen LogP contribution in [0.25, 0.3) is 5.82 Å². The van der Waals surface area contributed by atoms with E-state index in [-0.39, 0.29) is 17.9 Å². The van der Waals surface area contributed by atoms with E-state index in [2.05, 4.69) is 15.4 Å². The number of nitrogens with one attached hydrogen (secondary N) is 1. The molecule has 1 aliphatic rings. The van der Waals surface area contributed by atoms with Crippen molar-refractivity contribution in [2.45, 2.75) is 31.7 Å². The van der Waals surface area contributed by atoms with Crippen molar-refractivity contribution in [3.05, 3.63) is 36.8 Å². The van der Waals surface area contributed by atoms with Gasteiger partial charge in [0.25, 0.3) is 0 Å². The lowest BCUT2D eigenvalue weighted by molar-refractivity contribution is -0.120. The molecule has 0 atom stereocenters. The topological polar surface area (TPSA) is 85.8 Å². The Morgan fingerprint density at radius 2 is 2.10 bits per heavy atom. The van der Waals surface area contributed by atoms with Gasteiger partial charge in [0.15, 0.2) is 5.82 Å². The van der Waals surface area contributed by atoms with Crippen molar-refractivity contribution in [2.24, 2.45) is 11.7 Å². The fourth-order valence-corrected chi connectivity index (χ4v) is 2.63. The zero-order valence-electron chi connectivity index (χ0n) is 11.8. The molecule has 3 N–H and O–H groups in total. The standard InChI is InChI=1S/C15H19N5O/c16-12-4-2-11(3-5-12)15(21)19-13-6-7-14(17-10-13)20-9-1-8-18-20/h1,6-12H,2-5,16H2,(H,19,21). The maximum Gasteiger partial charge on any atom is 0.227 e. The maximum atomic E-state index is 12.2. The van der Waals surface area contributed by atoms with E-state index < -0.39 is 0 Å². The largest absolute Gasteiger partial charge is 0.328 e. The molecular formula is C15H19N5O.